The van der Waals surface area contributed by atoms with Crippen molar-refractivity contribution in [2.24, 2.45) is 0 Å². The van der Waals surface area contributed by atoms with E-state index in [1.54, 1.807) is 14.2 Å². The number of nitrogens with one attached hydrogen (secondary N) is 1. The molecule has 6 heteroatoms. The zero-order valence-corrected chi connectivity index (χ0v) is 11.3. The molecule has 20 heavy (non-hydrogen) atoms. The molecule has 0 saturated heterocycles. The van der Waals surface area contributed by atoms with Crippen molar-refractivity contribution < 1.29 is 13.9 Å². The first-order valence-corrected chi connectivity index (χ1v) is 6.07. The molecule has 104 valence electrons. The predicted octanol–water partition coefficient (Wildman–Crippen LogP) is 2.22. The third kappa shape index (κ3) is 3.01. The fourth-order valence-corrected chi connectivity index (χ4v) is 1.81. The van der Waals surface area contributed by atoms with E-state index >= 15 is 0 Å². The van der Waals surface area contributed by atoms with Crippen LogP contribution in [-0.2, 0) is 6.42 Å². The van der Waals surface area contributed by atoms with Crippen molar-refractivity contribution in [3.8, 4) is 17.6 Å². The second-order valence-corrected chi connectivity index (χ2v) is 4.01. The molecule has 0 amide bonds. The van der Waals surface area contributed by atoms with E-state index in [-0.39, 0.29) is 5.69 Å². The van der Waals surface area contributed by atoms with Gasteiger partial charge in [0.25, 0.3) is 0 Å². The second-order valence-electron chi connectivity index (χ2n) is 4.01. The molecule has 0 aliphatic carbocycles. The van der Waals surface area contributed by atoms with Crippen LogP contribution in [0.4, 0.5) is 5.88 Å². The van der Waals surface area contributed by atoms with Crippen LogP contribution in [0.5, 0.6) is 11.5 Å². The van der Waals surface area contributed by atoms with E-state index in [2.05, 4.69) is 10.3 Å². The Hall–Kier alpha value is -2.68. The number of aromatic nitrogens is 1. The van der Waals surface area contributed by atoms with Gasteiger partial charge in [-0.2, -0.15) is 5.26 Å². The summed E-state index contributed by atoms with van der Waals surface area (Å²) in [4.78, 5) is 3.78. The molecule has 0 radical (unpaired) electrons. The molecule has 1 heterocycles. The summed E-state index contributed by atoms with van der Waals surface area (Å²) in [6.07, 6.45) is 2.00. The fourth-order valence-electron chi connectivity index (χ4n) is 1.81. The van der Waals surface area contributed by atoms with E-state index < -0.39 is 0 Å². The maximum Gasteiger partial charge on any atom is 0.231 e. The summed E-state index contributed by atoms with van der Waals surface area (Å²) in [6.45, 7) is 0.624. The number of hydrogen-bond donors (Lipinski definition) is 1. The van der Waals surface area contributed by atoms with Gasteiger partial charge in [-0.05, 0) is 24.1 Å². The number of rotatable bonds is 6. The van der Waals surface area contributed by atoms with Gasteiger partial charge in [0, 0.05) is 6.54 Å². The molecule has 0 saturated carbocycles. The molecule has 1 aromatic heterocycles. The van der Waals surface area contributed by atoms with Gasteiger partial charge in [-0.25, -0.2) is 4.98 Å². The van der Waals surface area contributed by atoms with E-state index in [9.17, 15) is 0 Å². The number of benzene rings is 1. The lowest BCUT2D eigenvalue weighted by Gasteiger charge is -2.09. The second kappa shape index (κ2) is 6.48. The summed E-state index contributed by atoms with van der Waals surface area (Å²) < 4.78 is 15.5. The highest BCUT2D eigenvalue weighted by Crippen LogP contribution is 2.27. The topological polar surface area (TPSA) is 80.3 Å². The summed E-state index contributed by atoms with van der Waals surface area (Å²) in [5.41, 5.74) is 1.35. The van der Waals surface area contributed by atoms with Crippen molar-refractivity contribution in [3.05, 3.63) is 35.9 Å². The van der Waals surface area contributed by atoms with Gasteiger partial charge in [0.1, 0.15) is 6.07 Å². The summed E-state index contributed by atoms with van der Waals surface area (Å²) in [6, 6.07) is 7.71. The molecular formula is C14H15N3O3. The van der Waals surface area contributed by atoms with Crippen LogP contribution in [0, 0.1) is 11.3 Å². The highest BCUT2D eigenvalue weighted by Gasteiger charge is 2.07. The van der Waals surface area contributed by atoms with Crippen LogP contribution in [-0.4, -0.2) is 25.7 Å². The number of oxazole rings is 1. The third-order valence-corrected chi connectivity index (χ3v) is 2.82. The van der Waals surface area contributed by atoms with E-state index in [4.69, 9.17) is 19.2 Å². The number of nitrogens with zero attached hydrogens (tertiary/aromatic N) is 2. The molecule has 2 rings (SSSR count). The Morgan fingerprint density at radius 1 is 1.30 bits per heavy atom. The maximum atomic E-state index is 8.81. The van der Waals surface area contributed by atoms with Gasteiger partial charge in [-0.1, -0.05) is 6.07 Å². The van der Waals surface area contributed by atoms with Crippen molar-refractivity contribution in [3.63, 3.8) is 0 Å². The van der Waals surface area contributed by atoms with Crippen LogP contribution in [0.1, 0.15) is 11.3 Å². The fraction of sp³-hybridized carbons (Fsp3) is 0.286. The van der Waals surface area contributed by atoms with Crippen molar-refractivity contribution in [1.29, 1.82) is 5.26 Å². The quantitative estimate of drug-likeness (QED) is 0.869. The average Bonchev–Trinajstić information content (AvgIpc) is 2.94. The normalized spacial score (nSPS) is 9.85. The highest BCUT2D eigenvalue weighted by atomic mass is 16.5. The zero-order chi connectivity index (χ0) is 14.4. The molecular weight excluding hydrogens is 258 g/mol. The summed E-state index contributed by atoms with van der Waals surface area (Å²) >= 11 is 0. The van der Waals surface area contributed by atoms with E-state index in [1.165, 1.54) is 6.39 Å². The van der Waals surface area contributed by atoms with Crippen LogP contribution in [0.25, 0.3) is 0 Å². The van der Waals surface area contributed by atoms with Crippen LogP contribution in [0.2, 0.25) is 0 Å². The number of ether oxygens (including phenoxy) is 2. The van der Waals surface area contributed by atoms with E-state index in [0.29, 0.717) is 23.9 Å². The van der Waals surface area contributed by atoms with Crippen molar-refractivity contribution in [2.45, 2.75) is 6.42 Å². The Labute approximate surface area is 116 Å². The van der Waals surface area contributed by atoms with Gasteiger partial charge >= 0.3 is 0 Å². The third-order valence-electron chi connectivity index (χ3n) is 2.82. The van der Waals surface area contributed by atoms with Crippen LogP contribution < -0.4 is 14.8 Å². The molecule has 2 aromatic rings. The lowest BCUT2D eigenvalue weighted by molar-refractivity contribution is 0.354. The smallest absolute Gasteiger partial charge is 0.231 e. The molecule has 6 nitrogen and oxygen atoms in total. The van der Waals surface area contributed by atoms with Crippen molar-refractivity contribution >= 4 is 5.88 Å². The van der Waals surface area contributed by atoms with Gasteiger partial charge in [0.2, 0.25) is 11.6 Å². The maximum absolute atomic E-state index is 8.81. The Bertz CT molecular complexity index is 616. The molecule has 0 spiro atoms. The Morgan fingerprint density at radius 3 is 2.80 bits per heavy atom. The number of hydrogen-bond acceptors (Lipinski definition) is 6. The molecule has 0 atom stereocenters. The largest absolute Gasteiger partial charge is 0.493 e. The Morgan fingerprint density at radius 2 is 2.10 bits per heavy atom. The first kappa shape index (κ1) is 13.7. The first-order chi connectivity index (χ1) is 9.78. The first-order valence-electron chi connectivity index (χ1n) is 6.07. The molecule has 0 fully saturated rings. The SMILES string of the molecule is COc1ccc(CCNc2ocnc2C#N)cc1OC. The van der Waals surface area contributed by atoms with Crippen molar-refractivity contribution in [2.75, 3.05) is 26.1 Å². The number of methoxy groups -OCH3 is 2. The van der Waals surface area contributed by atoms with Crippen molar-refractivity contribution in [1.82, 2.24) is 4.98 Å². The standard InChI is InChI=1S/C14H15N3O3/c1-18-12-4-3-10(7-13(12)19-2)5-6-16-14-11(8-15)17-9-20-14/h3-4,7,9,16H,5-6H2,1-2H3. The molecule has 1 aromatic carbocycles. The van der Waals surface area contributed by atoms with Gasteiger partial charge in [0.05, 0.1) is 14.2 Å². The Kier molecular flexibility index (Phi) is 4.45. The Balaban J connectivity index is 1.96. The predicted molar refractivity (Wildman–Crippen MR) is 73.0 cm³/mol. The van der Waals surface area contributed by atoms with Gasteiger partial charge in [-0.3, -0.25) is 0 Å². The van der Waals surface area contributed by atoms with Crippen LogP contribution in [0.3, 0.4) is 0 Å². The minimum atomic E-state index is 0.261. The van der Waals surface area contributed by atoms with Gasteiger partial charge in [-0.15, -0.1) is 0 Å². The molecule has 0 aliphatic rings. The van der Waals surface area contributed by atoms with E-state index in [0.717, 1.165) is 12.0 Å². The summed E-state index contributed by atoms with van der Waals surface area (Å²) in [5, 5.41) is 11.8. The number of nitriles is 1. The van der Waals surface area contributed by atoms with Crippen LogP contribution in [0.15, 0.2) is 29.0 Å². The zero-order valence-electron chi connectivity index (χ0n) is 11.3. The van der Waals surface area contributed by atoms with Crippen LogP contribution >= 0.6 is 0 Å². The lowest BCUT2D eigenvalue weighted by atomic mass is 10.1. The lowest BCUT2D eigenvalue weighted by Crippen LogP contribution is -2.05. The van der Waals surface area contributed by atoms with E-state index in [1.807, 2.05) is 24.3 Å². The molecule has 1 N–H and O–H groups in total. The highest BCUT2D eigenvalue weighted by molar-refractivity contribution is 5.45. The summed E-state index contributed by atoms with van der Waals surface area (Å²) in [5.74, 6) is 1.79. The average molecular weight is 273 g/mol. The molecule has 0 unspecified atom stereocenters. The monoisotopic (exact) mass is 273 g/mol. The minimum Gasteiger partial charge on any atom is -0.493 e. The van der Waals surface area contributed by atoms with Gasteiger partial charge in [0.15, 0.2) is 17.9 Å². The minimum absolute atomic E-state index is 0.261. The van der Waals surface area contributed by atoms with Gasteiger partial charge < -0.3 is 19.2 Å². The number of anilines is 1. The molecule has 0 aliphatic heterocycles. The summed E-state index contributed by atoms with van der Waals surface area (Å²) in [7, 11) is 3.21. The molecule has 0 bridgehead atoms.